The van der Waals surface area contributed by atoms with Crippen molar-refractivity contribution in [2.75, 3.05) is 20.2 Å². The molecule has 2 aliphatic heterocycles. The summed E-state index contributed by atoms with van der Waals surface area (Å²) in [5.74, 6) is 0.245. The number of ketones is 1. The van der Waals surface area contributed by atoms with Crippen LogP contribution in [-0.4, -0.2) is 36.6 Å². The SMILES string of the molecule is CON1CCC2(CC1)NC(C)=C(c1cc(C)ccc1C)C2=O. The Kier molecular flexibility index (Phi) is 3.83. The fraction of sp³-hybridized carbons (Fsp3) is 0.500. The third-order valence-corrected chi connectivity index (χ3v) is 4.96. The minimum Gasteiger partial charge on any atom is -0.375 e. The number of carbonyl (C=O) groups is 1. The van der Waals surface area contributed by atoms with Gasteiger partial charge in [-0.15, -0.1) is 0 Å². The molecular formula is C18H24N2O2. The molecular weight excluding hydrogens is 276 g/mol. The number of piperidine rings is 1. The minimum absolute atomic E-state index is 0.245. The van der Waals surface area contributed by atoms with Crippen molar-refractivity contribution in [3.05, 3.63) is 40.6 Å². The fourth-order valence-electron chi connectivity index (χ4n) is 3.62. The second-order valence-electron chi connectivity index (χ2n) is 6.47. The lowest BCUT2D eigenvalue weighted by molar-refractivity contribution is -0.155. The average Bonchev–Trinajstić information content (AvgIpc) is 2.74. The monoisotopic (exact) mass is 300 g/mol. The maximum Gasteiger partial charge on any atom is 0.190 e. The van der Waals surface area contributed by atoms with Gasteiger partial charge in [0.25, 0.3) is 0 Å². The van der Waals surface area contributed by atoms with Crippen LogP contribution in [0.2, 0.25) is 0 Å². The van der Waals surface area contributed by atoms with Crippen LogP contribution in [0.15, 0.2) is 23.9 Å². The average molecular weight is 300 g/mol. The molecule has 2 aliphatic rings. The largest absolute Gasteiger partial charge is 0.375 e. The van der Waals surface area contributed by atoms with Crippen molar-refractivity contribution in [2.24, 2.45) is 0 Å². The first-order valence-electron chi connectivity index (χ1n) is 7.87. The number of hydrogen-bond donors (Lipinski definition) is 1. The minimum atomic E-state index is -0.440. The Morgan fingerprint density at radius 3 is 2.50 bits per heavy atom. The Morgan fingerprint density at radius 1 is 1.18 bits per heavy atom. The highest BCUT2D eigenvalue weighted by molar-refractivity contribution is 6.28. The van der Waals surface area contributed by atoms with Gasteiger partial charge in [-0.2, -0.15) is 5.06 Å². The normalized spacial score (nSPS) is 21.5. The van der Waals surface area contributed by atoms with Crippen molar-refractivity contribution in [3.63, 3.8) is 0 Å². The second kappa shape index (κ2) is 5.52. The topological polar surface area (TPSA) is 41.6 Å². The molecule has 0 unspecified atom stereocenters. The van der Waals surface area contributed by atoms with Crippen LogP contribution in [0.5, 0.6) is 0 Å². The first-order chi connectivity index (χ1) is 10.5. The summed E-state index contributed by atoms with van der Waals surface area (Å²) >= 11 is 0. The molecule has 1 aromatic carbocycles. The van der Waals surface area contributed by atoms with Crippen LogP contribution in [0.3, 0.4) is 0 Å². The molecule has 1 saturated heterocycles. The number of Topliss-reactive ketones (excluding diaryl/α,β-unsaturated/α-hetero) is 1. The van der Waals surface area contributed by atoms with Crippen molar-refractivity contribution in [1.29, 1.82) is 0 Å². The van der Waals surface area contributed by atoms with E-state index in [-0.39, 0.29) is 5.78 Å². The number of nitrogens with zero attached hydrogens (tertiary/aromatic N) is 1. The van der Waals surface area contributed by atoms with Gasteiger partial charge in [0.2, 0.25) is 0 Å². The molecule has 1 aromatic rings. The van der Waals surface area contributed by atoms with E-state index < -0.39 is 5.54 Å². The molecule has 1 fully saturated rings. The number of hydrogen-bond acceptors (Lipinski definition) is 4. The summed E-state index contributed by atoms with van der Waals surface area (Å²) in [6.07, 6.45) is 1.57. The highest BCUT2D eigenvalue weighted by Gasteiger charge is 2.47. The van der Waals surface area contributed by atoms with Crippen molar-refractivity contribution in [3.8, 4) is 0 Å². The first-order valence-corrected chi connectivity index (χ1v) is 7.87. The molecule has 1 spiro atoms. The van der Waals surface area contributed by atoms with E-state index in [0.29, 0.717) is 0 Å². The summed E-state index contributed by atoms with van der Waals surface area (Å²) in [5.41, 5.74) is 4.84. The van der Waals surface area contributed by atoms with Gasteiger partial charge in [-0.3, -0.25) is 4.79 Å². The second-order valence-corrected chi connectivity index (χ2v) is 6.47. The van der Waals surface area contributed by atoms with Crippen molar-refractivity contribution < 1.29 is 9.63 Å². The van der Waals surface area contributed by atoms with Gasteiger partial charge in [-0.1, -0.05) is 23.8 Å². The molecule has 2 heterocycles. The molecule has 0 saturated carbocycles. The molecule has 0 radical (unpaired) electrons. The summed E-state index contributed by atoms with van der Waals surface area (Å²) < 4.78 is 0. The lowest BCUT2D eigenvalue weighted by atomic mass is 9.81. The van der Waals surface area contributed by atoms with Crippen LogP contribution >= 0.6 is 0 Å². The molecule has 1 N–H and O–H groups in total. The predicted octanol–water partition coefficient (Wildman–Crippen LogP) is 2.60. The van der Waals surface area contributed by atoms with E-state index in [1.807, 2.05) is 12.0 Å². The Balaban J connectivity index is 1.93. The molecule has 3 rings (SSSR count). The van der Waals surface area contributed by atoms with Gasteiger partial charge >= 0.3 is 0 Å². The first kappa shape index (κ1) is 15.3. The van der Waals surface area contributed by atoms with E-state index in [0.717, 1.165) is 48.3 Å². The zero-order chi connectivity index (χ0) is 15.9. The third-order valence-electron chi connectivity index (χ3n) is 4.96. The number of nitrogens with one attached hydrogen (secondary N) is 1. The third kappa shape index (κ3) is 2.36. The van der Waals surface area contributed by atoms with Crippen LogP contribution < -0.4 is 5.32 Å². The Hall–Kier alpha value is -1.65. The van der Waals surface area contributed by atoms with E-state index in [2.05, 4.69) is 37.4 Å². The molecule has 0 atom stereocenters. The Bertz CT molecular complexity index is 640. The predicted molar refractivity (Wildman–Crippen MR) is 87.2 cm³/mol. The molecule has 0 aromatic heterocycles. The lowest BCUT2D eigenvalue weighted by Gasteiger charge is -2.37. The Morgan fingerprint density at radius 2 is 1.86 bits per heavy atom. The van der Waals surface area contributed by atoms with Crippen LogP contribution in [0, 0.1) is 13.8 Å². The van der Waals surface area contributed by atoms with Crippen molar-refractivity contribution in [1.82, 2.24) is 10.4 Å². The van der Waals surface area contributed by atoms with Crippen LogP contribution in [-0.2, 0) is 9.63 Å². The van der Waals surface area contributed by atoms with E-state index in [1.54, 1.807) is 7.11 Å². The van der Waals surface area contributed by atoms with Crippen LogP contribution in [0.1, 0.15) is 36.5 Å². The summed E-state index contributed by atoms with van der Waals surface area (Å²) in [5, 5.41) is 5.43. The standard InChI is InChI=1S/C18H24N2O2/c1-12-5-6-13(2)15(11-12)16-14(3)19-18(17(16)21)7-9-20(22-4)10-8-18/h5-6,11,19H,7-10H2,1-4H3. The van der Waals surface area contributed by atoms with Gasteiger partial charge < -0.3 is 10.2 Å². The molecule has 4 heteroatoms. The van der Waals surface area contributed by atoms with Crippen molar-refractivity contribution in [2.45, 2.75) is 39.2 Å². The number of aryl methyl sites for hydroxylation is 2. The van der Waals surface area contributed by atoms with Gasteiger partial charge in [0.05, 0.1) is 7.11 Å². The van der Waals surface area contributed by atoms with Gasteiger partial charge in [0.15, 0.2) is 5.78 Å². The van der Waals surface area contributed by atoms with E-state index >= 15 is 0 Å². The summed E-state index contributed by atoms with van der Waals surface area (Å²) in [6.45, 7) is 7.72. The quantitative estimate of drug-likeness (QED) is 0.911. The molecule has 22 heavy (non-hydrogen) atoms. The van der Waals surface area contributed by atoms with Gasteiger partial charge in [-0.05, 0) is 44.7 Å². The summed E-state index contributed by atoms with van der Waals surface area (Å²) in [6, 6.07) is 6.31. The highest BCUT2D eigenvalue weighted by atomic mass is 16.7. The number of hydroxylamine groups is 2. The molecule has 118 valence electrons. The lowest BCUT2D eigenvalue weighted by Crippen LogP contribution is -2.54. The van der Waals surface area contributed by atoms with Gasteiger partial charge in [0.1, 0.15) is 5.54 Å². The number of allylic oxidation sites excluding steroid dienone is 1. The van der Waals surface area contributed by atoms with Crippen LogP contribution in [0.4, 0.5) is 0 Å². The smallest absolute Gasteiger partial charge is 0.190 e. The highest BCUT2D eigenvalue weighted by Crippen LogP contribution is 2.38. The summed E-state index contributed by atoms with van der Waals surface area (Å²) in [4.78, 5) is 18.5. The molecule has 0 aliphatic carbocycles. The fourth-order valence-corrected chi connectivity index (χ4v) is 3.62. The number of rotatable bonds is 2. The maximum absolute atomic E-state index is 13.2. The van der Waals surface area contributed by atoms with E-state index in [1.165, 1.54) is 5.56 Å². The summed E-state index contributed by atoms with van der Waals surface area (Å²) in [7, 11) is 1.69. The zero-order valence-electron chi connectivity index (χ0n) is 13.8. The van der Waals surface area contributed by atoms with Crippen molar-refractivity contribution >= 4 is 11.4 Å². The van der Waals surface area contributed by atoms with E-state index in [4.69, 9.17) is 4.84 Å². The molecule has 4 nitrogen and oxygen atoms in total. The molecule has 0 amide bonds. The Labute approximate surface area is 132 Å². The van der Waals surface area contributed by atoms with E-state index in [9.17, 15) is 4.79 Å². The number of carbonyl (C=O) groups excluding carboxylic acids is 1. The number of benzene rings is 1. The molecule has 0 bridgehead atoms. The van der Waals surface area contributed by atoms with Gasteiger partial charge in [0, 0.05) is 24.4 Å². The van der Waals surface area contributed by atoms with Crippen LogP contribution in [0.25, 0.3) is 5.57 Å². The maximum atomic E-state index is 13.2. The van der Waals surface area contributed by atoms with Gasteiger partial charge in [-0.25, -0.2) is 0 Å². The zero-order valence-corrected chi connectivity index (χ0v) is 13.8.